The highest BCUT2D eigenvalue weighted by Gasteiger charge is 2.51. The second-order valence-corrected chi connectivity index (χ2v) is 4.66. The molecule has 1 N–H and O–H groups in total. The van der Waals surface area contributed by atoms with Crippen molar-refractivity contribution in [1.29, 1.82) is 0 Å². The molecule has 4 atom stereocenters. The highest BCUT2D eigenvalue weighted by Crippen LogP contribution is 2.53. The second kappa shape index (κ2) is 2.22. The van der Waals surface area contributed by atoms with Crippen molar-refractivity contribution >= 4 is 0 Å². The Morgan fingerprint density at radius 1 is 1.09 bits per heavy atom. The summed E-state index contributed by atoms with van der Waals surface area (Å²) in [5.74, 6) is 2.14. The number of hydrogen-bond donors (Lipinski definition) is 1. The predicted octanol–water partition coefficient (Wildman–Crippen LogP) is 2.19. The van der Waals surface area contributed by atoms with E-state index in [9.17, 15) is 5.11 Å². The van der Waals surface area contributed by atoms with Crippen LogP contribution in [-0.4, -0.2) is 10.7 Å². The average molecular weight is 154 g/mol. The lowest BCUT2D eigenvalue weighted by Crippen LogP contribution is -2.31. The molecule has 0 amide bonds. The van der Waals surface area contributed by atoms with E-state index in [1.807, 2.05) is 0 Å². The van der Waals surface area contributed by atoms with Crippen molar-refractivity contribution in [3.63, 3.8) is 0 Å². The zero-order valence-electron chi connectivity index (χ0n) is 7.51. The maximum Gasteiger partial charge on any atom is 0.0681 e. The fourth-order valence-electron chi connectivity index (χ4n) is 3.39. The lowest BCUT2D eigenvalue weighted by atomic mass is 9.85. The molecular formula is C10H18O. The molecule has 11 heavy (non-hydrogen) atoms. The van der Waals surface area contributed by atoms with Crippen molar-refractivity contribution in [3.05, 3.63) is 0 Å². The first kappa shape index (κ1) is 7.60. The average Bonchev–Trinajstić information content (AvgIpc) is 2.38. The van der Waals surface area contributed by atoms with Crippen molar-refractivity contribution in [2.75, 3.05) is 0 Å². The summed E-state index contributed by atoms with van der Waals surface area (Å²) in [6.45, 7) is 4.59. The van der Waals surface area contributed by atoms with Crippen LogP contribution in [-0.2, 0) is 0 Å². The SMILES string of the molecule is C[C@@H]1CCC2(O)CC[C@H](C)C12. The van der Waals surface area contributed by atoms with Gasteiger partial charge in [-0.05, 0) is 43.4 Å². The van der Waals surface area contributed by atoms with Gasteiger partial charge in [0.15, 0.2) is 0 Å². The molecule has 2 saturated carbocycles. The molecule has 0 radical (unpaired) electrons. The topological polar surface area (TPSA) is 20.2 Å². The van der Waals surface area contributed by atoms with E-state index in [2.05, 4.69) is 13.8 Å². The summed E-state index contributed by atoms with van der Waals surface area (Å²) < 4.78 is 0. The molecule has 2 aliphatic rings. The summed E-state index contributed by atoms with van der Waals surface area (Å²) >= 11 is 0. The number of hydrogen-bond acceptors (Lipinski definition) is 1. The molecule has 0 heterocycles. The monoisotopic (exact) mass is 154 g/mol. The van der Waals surface area contributed by atoms with Crippen LogP contribution in [0.2, 0.25) is 0 Å². The maximum atomic E-state index is 10.2. The van der Waals surface area contributed by atoms with Gasteiger partial charge in [-0.1, -0.05) is 13.8 Å². The lowest BCUT2D eigenvalue weighted by molar-refractivity contribution is 0.00773. The fraction of sp³-hybridized carbons (Fsp3) is 1.00. The van der Waals surface area contributed by atoms with Gasteiger partial charge in [0.05, 0.1) is 5.60 Å². The van der Waals surface area contributed by atoms with E-state index in [0.29, 0.717) is 5.92 Å². The fourth-order valence-corrected chi connectivity index (χ4v) is 3.39. The molecule has 2 rings (SSSR count). The summed E-state index contributed by atoms with van der Waals surface area (Å²) in [7, 11) is 0. The van der Waals surface area contributed by atoms with Crippen molar-refractivity contribution in [2.24, 2.45) is 17.8 Å². The molecule has 64 valence electrons. The van der Waals surface area contributed by atoms with Crippen LogP contribution in [0.3, 0.4) is 0 Å². The second-order valence-electron chi connectivity index (χ2n) is 4.66. The molecule has 2 fully saturated rings. The van der Waals surface area contributed by atoms with Gasteiger partial charge in [0.25, 0.3) is 0 Å². The van der Waals surface area contributed by atoms with Gasteiger partial charge in [-0.25, -0.2) is 0 Å². The Morgan fingerprint density at radius 2 is 1.55 bits per heavy atom. The third-order valence-electron chi connectivity index (χ3n) is 3.91. The van der Waals surface area contributed by atoms with Crippen molar-refractivity contribution in [3.8, 4) is 0 Å². The van der Waals surface area contributed by atoms with Crippen LogP contribution in [0.25, 0.3) is 0 Å². The minimum absolute atomic E-state index is 0.251. The van der Waals surface area contributed by atoms with E-state index in [1.165, 1.54) is 12.8 Å². The number of rotatable bonds is 0. The Morgan fingerprint density at radius 3 is 1.91 bits per heavy atom. The minimum atomic E-state index is -0.251. The largest absolute Gasteiger partial charge is 0.390 e. The van der Waals surface area contributed by atoms with Gasteiger partial charge in [0, 0.05) is 0 Å². The van der Waals surface area contributed by atoms with Crippen LogP contribution in [0.15, 0.2) is 0 Å². The van der Waals surface area contributed by atoms with Crippen molar-refractivity contribution in [2.45, 2.75) is 45.1 Å². The van der Waals surface area contributed by atoms with E-state index in [1.54, 1.807) is 0 Å². The highest BCUT2D eigenvalue weighted by atomic mass is 16.3. The Bertz CT molecular complexity index is 150. The van der Waals surface area contributed by atoms with Crippen LogP contribution in [0.5, 0.6) is 0 Å². The molecule has 1 heteroatoms. The quantitative estimate of drug-likeness (QED) is 0.567. The van der Waals surface area contributed by atoms with Crippen LogP contribution < -0.4 is 0 Å². The molecular weight excluding hydrogens is 136 g/mol. The first-order valence-electron chi connectivity index (χ1n) is 4.86. The van der Waals surface area contributed by atoms with E-state index in [-0.39, 0.29) is 5.60 Å². The molecule has 0 spiro atoms. The molecule has 0 aromatic carbocycles. The Balaban J connectivity index is 2.23. The summed E-state index contributed by atoms with van der Waals surface area (Å²) in [6.07, 6.45) is 4.60. The van der Waals surface area contributed by atoms with E-state index in [0.717, 1.165) is 24.7 Å². The van der Waals surface area contributed by atoms with Gasteiger partial charge in [0.2, 0.25) is 0 Å². The van der Waals surface area contributed by atoms with Gasteiger partial charge in [-0.2, -0.15) is 0 Å². The summed E-state index contributed by atoms with van der Waals surface area (Å²) in [6, 6.07) is 0. The number of fused-ring (bicyclic) bond motifs is 1. The van der Waals surface area contributed by atoms with Crippen molar-refractivity contribution < 1.29 is 5.11 Å². The molecule has 0 saturated heterocycles. The van der Waals surface area contributed by atoms with Crippen LogP contribution >= 0.6 is 0 Å². The first-order chi connectivity index (χ1) is 5.13. The molecule has 0 bridgehead atoms. The third kappa shape index (κ3) is 0.936. The Kier molecular flexibility index (Phi) is 1.54. The molecule has 2 unspecified atom stereocenters. The van der Waals surface area contributed by atoms with Crippen LogP contribution in [0, 0.1) is 17.8 Å². The molecule has 2 aliphatic carbocycles. The Hall–Kier alpha value is -0.0400. The van der Waals surface area contributed by atoms with Gasteiger partial charge in [0.1, 0.15) is 0 Å². The normalized spacial score (nSPS) is 56.5. The standard InChI is InChI=1S/C10H18O/c1-7-3-5-10(11)6-4-8(2)9(7)10/h7-9,11H,3-6H2,1-2H3/t7-,8+,9?,10?. The summed E-state index contributed by atoms with van der Waals surface area (Å²) in [4.78, 5) is 0. The zero-order chi connectivity index (χ0) is 8.06. The smallest absolute Gasteiger partial charge is 0.0681 e. The van der Waals surface area contributed by atoms with E-state index < -0.39 is 0 Å². The van der Waals surface area contributed by atoms with E-state index in [4.69, 9.17) is 0 Å². The molecule has 1 nitrogen and oxygen atoms in total. The van der Waals surface area contributed by atoms with Crippen LogP contribution in [0.1, 0.15) is 39.5 Å². The highest BCUT2D eigenvalue weighted by molar-refractivity contribution is 5.02. The first-order valence-corrected chi connectivity index (χ1v) is 4.86. The molecule has 0 aromatic rings. The van der Waals surface area contributed by atoms with Crippen LogP contribution in [0.4, 0.5) is 0 Å². The van der Waals surface area contributed by atoms with Gasteiger partial charge in [-0.15, -0.1) is 0 Å². The van der Waals surface area contributed by atoms with E-state index >= 15 is 0 Å². The Labute approximate surface area is 68.8 Å². The zero-order valence-corrected chi connectivity index (χ0v) is 7.51. The predicted molar refractivity (Wildman–Crippen MR) is 45.2 cm³/mol. The van der Waals surface area contributed by atoms with Gasteiger partial charge >= 0.3 is 0 Å². The molecule has 0 aliphatic heterocycles. The third-order valence-corrected chi connectivity index (χ3v) is 3.91. The number of aliphatic hydroxyl groups is 1. The van der Waals surface area contributed by atoms with Crippen molar-refractivity contribution in [1.82, 2.24) is 0 Å². The maximum absolute atomic E-state index is 10.2. The lowest BCUT2D eigenvalue weighted by Gasteiger charge is -2.26. The molecule has 0 aromatic heterocycles. The summed E-state index contributed by atoms with van der Waals surface area (Å²) in [5, 5.41) is 10.2. The minimum Gasteiger partial charge on any atom is -0.390 e. The summed E-state index contributed by atoms with van der Waals surface area (Å²) in [5.41, 5.74) is -0.251. The van der Waals surface area contributed by atoms with Gasteiger partial charge in [-0.3, -0.25) is 0 Å². The van der Waals surface area contributed by atoms with Gasteiger partial charge < -0.3 is 5.11 Å².